The Morgan fingerprint density at radius 2 is 2.08 bits per heavy atom. The van der Waals surface area contributed by atoms with Crippen LogP contribution in [0, 0.1) is 0 Å². The van der Waals surface area contributed by atoms with Gasteiger partial charge in [0.15, 0.2) is 6.29 Å². The van der Waals surface area contributed by atoms with Gasteiger partial charge in [-0.3, -0.25) is 10.7 Å². The van der Waals surface area contributed by atoms with Crippen LogP contribution in [0.3, 0.4) is 0 Å². The van der Waals surface area contributed by atoms with Crippen LogP contribution in [0.2, 0.25) is 0 Å². The minimum Gasteiger partial charge on any atom is -0.291 e. The number of nitrogens with two attached hydrogens (primary N) is 2. The van der Waals surface area contributed by atoms with Crippen molar-refractivity contribution in [3.63, 3.8) is 0 Å². The van der Waals surface area contributed by atoms with E-state index in [1.807, 2.05) is 24.3 Å². The Kier molecular flexibility index (Phi) is 1.56. The highest BCUT2D eigenvalue weighted by Crippen LogP contribution is 1.89. The molecule has 1 aliphatic heterocycles. The molecule has 0 bridgehead atoms. The molecule has 0 fully saturated rings. The molecule has 0 amide bonds. The Morgan fingerprint density at radius 3 is 2.92 bits per heavy atom. The first-order valence-electron chi connectivity index (χ1n) is 3.71. The second kappa shape index (κ2) is 2.58. The van der Waals surface area contributed by atoms with Crippen molar-refractivity contribution in [2.75, 3.05) is 0 Å². The molecule has 1 aromatic carbocycles. The van der Waals surface area contributed by atoms with E-state index in [0.717, 1.165) is 10.6 Å². The van der Waals surface area contributed by atoms with E-state index in [9.17, 15) is 0 Å². The second-order valence-electron chi connectivity index (χ2n) is 2.68. The quantitative estimate of drug-likeness (QED) is 0.455. The highest BCUT2D eigenvalue weighted by atomic mass is 15.5. The molecule has 4 nitrogen and oxygen atoms in total. The zero-order valence-electron chi connectivity index (χ0n) is 6.51. The first-order chi connectivity index (χ1) is 5.77. The molecule has 2 rings (SSSR count). The molecule has 0 aromatic heterocycles. The van der Waals surface area contributed by atoms with Crippen molar-refractivity contribution in [2.45, 2.75) is 6.29 Å². The lowest BCUT2D eigenvalue weighted by Gasteiger charge is -2.20. The number of hydrogen-bond donors (Lipinski definition) is 2. The molecule has 0 aliphatic carbocycles. The van der Waals surface area contributed by atoms with Gasteiger partial charge in [0, 0.05) is 11.4 Å². The summed E-state index contributed by atoms with van der Waals surface area (Å²) in [6.07, 6.45) is 1.33. The molecule has 1 heterocycles. The van der Waals surface area contributed by atoms with Crippen LogP contribution in [0.15, 0.2) is 29.3 Å². The van der Waals surface area contributed by atoms with Crippen LogP contribution < -0.4 is 22.2 Å². The summed E-state index contributed by atoms with van der Waals surface area (Å²) in [5.41, 5.74) is 5.60. The van der Waals surface area contributed by atoms with E-state index in [4.69, 9.17) is 11.6 Å². The number of fused-ring (bicyclic) bond motifs is 1. The average Bonchev–Trinajstić information content (AvgIpc) is 2.07. The van der Waals surface area contributed by atoms with Crippen LogP contribution >= 0.6 is 0 Å². The molecular weight excluding hydrogens is 152 g/mol. The maximum absolute atomic E-state index is 5.60. The Balaban J connectivity index is 2.70. The number of nitrogens with zero attached hydrogens (tertiary/aromatic N) is 2. The van der Waals surface area contributed by atoms with Crippen molar-refractivity contribution >= 4 is 6.20 Å². The zero-order valence-corrected chi connectivity index (χ0v) is 6.51. The van der Waals surface area contributed by atoms with Crippen LogP contribution in [-0.2, 0) is 0 Å². The number of hydrogen-bond acceptors (Lipinski definition) is 4. The molecule has 0 spiro atoms. The second-order valence-corrected chi connectivity index (χ2v) is 2.68. The van der Waals surface area contributed by atoms with Crippen LogP contribution in [0.25, 0.3) is 6.20 Å². The van der Waals surface area contributed by atoms with E-state index < -0.39 is 6.29 Å². The van der Waals surface area contributed by atoms with Crippen LogP contribution in [0.5, 0.6) is 0 Å². The Hall–Kier alpha value is -1.39. The van der Waals surface area contributed by atoms with E-state index in [1.165, 1.54) is 5.01 Å². The van der Waals surface area contributed by atoms with Gasteiger partial charge in [0.05, 0.1) is 5.36 Å². The highest BCUT2D eigenvalue weighted by Gasteiger charge is 2.06. The minimum atomic E-state index is -0.458. The van der Waals surface area contributed by atoms with Gasteiger partial charge < -0.3 is 0 Å². The molecule has 4 N–H and O–H groups in total. The molecule has 1 aromatic rings. The zero-order chi connectivity index (χ0) is 8.55. The Bertz CT molecular complexity index is 359. The van der Waals surface area contributed by atoms with Gasteiger partial charge in [-0.25, -0.2) is 10.8 Å². The van der Waals surface area contributed by atoms with Gasteiger partial charge in [-0.2, -0.15) is 0 Å². The monoisotopic (exact) mass is 162 g/mol. The fourth-order valence-electron chi connectivity index (χ4n) is 1.16. The summed E-state index contributed by atoms with van der Waals surface area (Å²) in [5.74, 6) is 5.55. The summed E-state index contributed by atoms with van der Waals surface area (Å²) in [4.78, 5) is 4.17. The maximum atomic E-state index is 5.60. The van der Waals surface area contributed by atoms with Gasteiger partial charge in [-0.05, 0) is 6.07 Å². The molecule has 0 radical (unpaired) electrons. The fraction of sp³-hybridized carbons (Fsp3) is 0.125. The van der Waals surface area contributed by atoms with Crippen molar-refractivity contribution in [1.82, 2.24) is 5.01 Å². The summed E-state index contributed by atoms with van der Waals surface area (Å²) in [6.45, 7) is 0. The molecule has 1 aliphatic rings. The van der Waals surface area contributed by atoms with Crippen LogP contribution in [0.4, 0.5) is 0 Å². The molecule has 1 atom stereocenters. The lowest BCUT2D eigenvalue weighted by molar-refractivity contribution is 0.318. The van der Waals surface area contributed by atoms with Crippen molar-refractivity contribution < 1.29 is 0 Å². The molecule has 0 saturated heterocycles. The molecule has 62 valence electrons. The van der Waals surface area contributed by atoms with Crippen molar-refractivity contribution in [1.29, 1.82) is 0 Å². The smallest absolute Gasteiger partial charge is 0.187 e. The van der Waals surface area contributed by atoms with Gasteiger partial charge in [0.1, 0.15) is 0 Å². The first kappa shape index (κ1) is 7.27. The highest BCUT2D eigenvalue weighted by molar-refractivity contribution is 5.23. The third-order valence-corrected chi connectivity index (χ3v) is 1.80. The molecule has 0 saturated carbocycles. The number of rotatable bonds is 0. The van der Waals surface area contributed by atoms with E-state index in [0.29, 0.717) is 0 Å². The normalized spacial score (nSPS) is 20.8. The molecule has 12 heavy (non-hydrogen) atoms. The summed E-state index contributed by atoms with van der Waals surface area (Å²) in [6, 6.07) is 7.73. The van der Waals surface area contributed by atoms with Gasteiger partial charge in [-0.1, -0.05) is 18.2 Å². The minimum absolute atomic E-state index is 0.458. The largest absolute Gasteiger partial charge is 0.291 e. The predicted octanol–water partition coefficient (Wildman–Crippen LogP) is -1.52. The number of para-hydroxylation sites is 1. The SMILES string of the molecule is NC1N=c2ccccc2=CN1N. The summed E-state index contributed by atoms with van der Waals surface area (Å²) in [7, 11) is 0. The van der Waals surface area contributed by atoms with Gasteiger partial charge in [0.25, 0.3) is 0 Å². The van der Waals surface area contributed by atoms with Crippen LogP contribution in [0.1, 0.15) is 0 Å². The van der Waals surface area contributed by atoms with Crippen molar-refractivity contribution in [3.8, 4) is 0 Å². The fourth-order valence-corrected chi connectivity index (χ4v) is 1.16. The van der Waals surface area contributed by atoms with Crippen LogP contribution in [-0.4, -0.2) is 11.3 Å². The van der Waals surface area contributed by atoms with Gasteiger partial charge in [-0.15, -0.1) is 0 Å². The summed E-state index contributed by atoms with van der Waals surface area (Å²) in [5, 5.41) is 3.29. The number of benzene rings is 1. The third-order valence-electron chi connectivity index (χ3n) is 1.80. The van der Waals surface area contributed by atoms with Gasteiger partial charge >= 0.3 is 0 Å². The topological polar surface area (TPSA) is 67.6 Å². The molecule has 1 unspecified atom stereocenters. The maximum Gasteiger partial charge on any atom is 0.187 e. The van der Waals surface area contributed by atoms with E-state index in [1.54, 1.807) is 6.20 Å². The lowest BCUT2D eigenvalue weighted by Crippen LogP contribution is -2.49. The van der Waals surface area contributed by atoms with E-state index >= 15 is 0 Å². The van der Waals surface area contributed by atoms with E-state index in [-0.39, 0.29) is 0 Å². The first-order valence-corrected chi connectivity index (χ1v) is 3.71. The average molecular weight is 162 g/mol. The summed E-state index contributed by atoms with van der Waals surface area (Å²) < 4.78 is 0. The Labute approximate surface area is 69.8 Å². The molecule has 4 heteroatoms. The number of hydrazine groups is 1. The van der Waals surface area contributed by atoms with Crippen molar-refractivity contribution in [3.05, 3.63) is 34.8 Å². The Morgan fingerprint density at radius 1 is 1.33 bits per heavy atom. The van der Waals surface area contributed by atoms with Gasteiger partial charge in [0.2, 0.25) is 0 Å². The standard InChI is InChI=1S/C8H10N4/c9-8-11-7-4-2-1-3-6(7)5-12(8)10/h1-5,8H,9-10H2. The van der Waals surface area contributed by atoms with E-state index in [2.05, 4.69) is 4.99 Å². The van der Waals surface area contributed by atoms with Crippen molar-refractivity contribution in [2.24, 2.45) is 16.6 Å². The summed E-state index contributed by atoms with van der Waals surface area (Å²) >= 11 is 0. The lowest BCUT2D eigenvalue weighted by atomic mass is 10.3. The molecular formula is C8H10N4. The predicted molar refractivity (Wildman–Crippen MR) is 45.7 cm³/mol. The third kappa shape index (κ3) is 1.07.